The van der Waals surface area contributed by atoms with Gasteiger partial charge >= 0.3 is 12.1 Å². The lowest BCUT2D eigenvalue weighted by atomic mass is 9.85. The van der Waals surface area contributed by atoms with E-state index >= 15 is 0 Å². The van der Waals surface area contributed by atoms with Crippen molar-refractivity contribution in [3.63, 3.8) is 0 Å². The molecule has 2 atom stereocenters. The summed E-state index contributed by atoms with van der Waals surface area (Å²) in [6, 6.07) is 0.0953. The Labute approximate surface area is 121 Å². The minimum atomic E-state index is -0.887. The number of nitrogens with zero attached hydrogens (tertiary/aromatic N) is 1. The highest BCUT2D eigenvalue weighted by atomic mass is 16.6. The number of carbonyl (C=O) groups is 2. The Bertz CT molecular complexity index is 348. The number of aliphatic carboxylic acids is 1. The van der Waals surface area contributed by atoms with Gasteiger partial charge < -0.3 is 14.7 Å². The Balaban J connectivity index is 2.77. The maximum atomic E-state index is 12.3. The molecule has 0 heterocycles. The van der Waals surface area contributed by atoms with Gasteiger partial charge in [-0.05, 0) is 39.5 Å². The van der Waals surface area contributed by atoms with Gasteiger partial charge in [-0.15, -0.1) is 0 Å². The molecule has 0 aromatic carbocycles. The van der Waals surface area contributed by atoms with Gasteiger partial charge in [-0.3, -0.25) is 4.79 Å². The number of ether oxygens (including phenoxy) is 1. The minimum absolute atomic E-state index is 0.0392. The molecule has 20 heavy (non-hydrogen) atoms. The standard InChI is InChI=1S/C15H27NO4/c1-11-7-5-6-8-12(11)16(10-9-13(17)18)14(19)20-15(2,3)4/h11-12H,5-10H2,1-4H3,(H,17,18)/t11-,12+/m1/s1. The third-order valence-electron chi connectivity index (χ3n) is 3.66. The Morgan fingerprint density at radius 2 is 1.85 bits per heavy atom. The molecule has 0 bridgehead atoms. The molecule has 0 aliphatic heterocycles. The van der Waals surface area contributed by atoms with Gasteiger partial charge in [0.25, 0.3) is 0 Å². The zero-order valence-electron chi connectivity index (χ0n) is 13.0. The van der Waals surface area contributed by atoms with E-state index in [4.69, 9.17) is 9.84 Å². The van der Waals surface area contributed by atoms with Gasteiger partial charge in [0.1, 0.15) is 5.60 Å². The fraction of sp³-hybridized carbons (Fsp3) is 0.867. The van der Waals surface area contributed by atoms with Crippen LogP contribution < -0.4 is 0 Å². The first-order chi connectivity index (χ1) is 9.20. The van der Waals surface area contributed by atoms with Crippen LogP contribution in [-0.2, 0) is 9.53 Å². The van der Waals surface area contributed by atoms with Crippen LogP contribution in [0.15, 0.2) is 0 Å². The third-order valence-corrected chi connectivity index (χ3v) is 3.66. The SMILES string of the molecule is C[C@@H]1CCCC[C@@H]1N(CCC(=O)O)C(=O)OC(C)(C)C. The average Bonchev–Trinajstić information content (AvgIpc) is 2.28. The highest BCUT2D eigenvalue weighted by Crippen LogP contribution is 2.29. The van der Waals surface area contributed by atoms with Crippen LogP contribution in [0, 0.1) is 5.92 Å². The molecule has 0 aromatic heterocycles. The molecule has 1 fully saturated rings. The first kappa shape index (κ1) is 16.8. The van der Waals surface area contributed by atoms with E-state index in [-0.39, 0.29) is 19.0 Å². The van der Waals surface area contributed by atoms with Crippen LogP contribution in [0.3, 0.4) is 0 Å². The summed E-state index contributed by atoms with van der Waals surface area (Å²) in [6.07, 6.45) is 3.84. The molecule has 1 amide bonds. The number of amides is 1. The molecule has 0 spiro atoms. The Morgan fingerprint density at radius 1 is 1.25 bits per heavy atom. The second-order valence-corrected chi connectivity index (χ2v) is 6.65. The monoisotopic (exact) mass is 285 g/mol. The number of carboxylic acids is 1. The topological polar surface area (TPSA) is 66.8 Å². The van der Waals surface area contributed by atoms with Crippen LogP contribution in [0.1, 0.15) is 59.8 Å². The zero-order chi connectivity index (χ0) is 15.3. The van der Waals surface area contributed by atoms with Gasteiger partial charge in [0.15, 0.2) is 0 Å². The minimum Gasteiger partial charge on any atom is -0.481 e. The lowest BCUT2D eigenvalue weighted by Gasteiger charge is -2.39. The molecule has 1 rings (SSSR count). The Hall–Kier alpha value is -1.26. The van der Waals surface area contributed by atoms with Crippen LogP contribution >= 0.6 is 0 Å². The zero-order valence-corrected chi connectivity index (χ0v) is 13.0. The van der Waals surface area contributed by atoms with Crippen LogP contribution in [-0.4, -0.2) is 40.3 Å². The predicted octanol–water partition coefficient (Wildman–Crippen LogP) is 3.28. The third kappa shape index (κ3) is 5.39. The summed E-state index contributed by atoms with van der Waals surface area (Å²) in [5, 5.41) is 8.86. The summed E-state index contributed by atoms with van der Waals surface area (Å²) in [5.41, 5.74) is -0.559. The number of carbonyl (C=O) groups excluding carboxylic acids is 1. The lowest BCUT2D eigenvalue weighted by molar-refractivity contribution is -0.137. The van der Waals surface area contributed by atoms with Crippen LogP contribution in [0.2, 0.25) is 0 Å². The molecular formula is C15H27NO4. The number of rotatable bonds is 4. The van der Waals surface area contributed by atoms with E-state index in [1.807, 2.05) is 20.8 Å². The van der Waals surface area contributed by atoms with Gasteiger partial charge in [0.05, 0.1) is 6.42 Å². The van der Waals surface area contributed by atoms with E-state index in [2.05, 4.69) is 6.92 Å². The summed E-state index contributed by atoms with van der Waals surface area (Å²) < 4.78 is 5.43. The fourth-order valence-corrected chi connectivity index (χ4v) is 2.69. The molecule has 1 saturated carbocycles. The molecule has 1 N–H and O–H groups in total. The van der Waals surface area contributed by atoms with Crippen molar-refractivity contribution in [3.05, 3.63) is 0 Å². The summed E-state index contributed by atoms with van der Waals surface area (Å²) in [6.45, 7) is 7.82. The lowest BCUT2D eigenvalue weighted by Crippen LogP contribution is -2.48. The van der Waals surface area contributed by atoms with E-state index < -0.39 is 17.7 Å². The van der Waals surface area contributed by atoms with Crippen molar-refractivity contribution in [3.8, 4) is 0 Å². The summed E-state index contributed by atoms with van der Waals surface area (Å²) in [4.78, 5) is 24.8. The first-order valence-electron chi connectivity index (χ1n) is 7.42. The van der Waals surface area contributed by atoms with Crippen LogP contribution in [0.5, 0.6) is 0 Å². The van der Waals surface area contributed by atoms with Crippen molar-refractivity contribution >= 4 is 12.1 Å². The maximum Gasteiger partial charge on any atom is 0.410 e. The summed E-state index contributed by atoms with van der Waals surface area (Å²) in [7, 11) is 0. The van der Waals surface area contributed by atoms with Crippen molar-refractivity contribution in [1.82, 2.24) is 4.90 Å². The van der Waals surface area contributed by atoms with Gasteiger partial charge in [-0.1, -0.05) is 19.8 Å². The predicted molar refractivity (Wildman–Crippen MR) is 76.6 cm³/mol. The van der Waals surface area contributed by atoms with Gasteiger partial charge in [-0.25, -0.2) is 4.79 Å². The largest absolute Gasteiger partial charge is 0.481 e. The van der Waals surface area contributed by atoms with Crippen LogP contribution in [0.25, 0.3) is 0 Å². The molecule has 5 heteroatoms. The molecule has 0 saturated heterocycles. The maximum absolute atomic E-state index is 12.3. The van der Waals surface area contributed by atoms with E-state index in [1.165, 1.54) is 6.42 Å². The van der Waals surface area contributed by atoms with Crippen molar-refractivity contribution in [1.29, 1.82) is 0 Å². The molecular weight excluding hydrogens is 258 g/mol. The van der Waals surface area contributed by atoms with E-state index in [1.54, 1.807) is 4.90 Å². The second kappa shape index (κ2) is 6.95. The molecule has 0 aromatic rings. The smallest absolute Gasteiger partial charge is 0.410 e. The normalized spacial score (nSPS) is 23.2. The molecule has 116 valence electrons. The van der Waals surface area contributed by atoms with Gasteiger partial charge in [0.2, 0.25) is 0 Å². The Morgan fingerprint density at radius 3 is 2.35 bits per heavy atom. The van der Waals surface area contributed by atoms with Gasteiger partial charge in [0, 0.05) is 12.6 Å². The van der Waals surface area contributed by atoms with Crippen molar-refractivity contribution < 1.29 is 19.4 Å². The quantitative estimate of drug-likeness (QED) is 0.860. The van der Waals surface area contributed by atoms with E-state index in [0.717, 1.165) is 19.3 Å². The highest BCUT2D eigenvalue weighted by Gasteiger charge is 2.33. The van der Waals surface area contributed by atoms with Crippen molar-refractivity contribution in [2.45, 2.75) is 71.4 Å². The van der Waals surface area contributed by atoms with E-state index in [9.17, 15) is 9.59 Å². The number of hydrogen-bond donors (Lipinski definition) is 1. The molecule has 1 aliphatic rings. The fourth-order valence-electron chi connectivity index (χ4n) is 2.69. The van der Waals surface area contributed by atoms with Gasteiger partial charge in [-0.2, -0.15) is 0 Å². The molecule has 0 radical (unpaired) electrons. The number of carboxylic acid groups (broad SMARTS) is 1. The number of hydrogen-bond acceptors (Lipinski definition) is 3. The molecule has 1 aliphatic carbocycles. The highest BCUT2D eigenvalue weighted by molar-refractivity contribution is 5.71. The first-order valence-corrected chi connectivity index (χ1v) is 7.42. The van der Waals surface area contributed by atoms with Crippen molar-refractivity contribution in [2.24, 2.45) is 5.92 Å². The van der Waals surface area contributed by atoms with Crippen LogP contribution in [0.4, 0.5) is 4.79 Å². The molecule has 5 nitrogen and oxygen atoms in total. The average molecular weight is 285 g/mol. The summed E-state index contributed by atoms with van der Waals surface area (Å²) in [5.74, 6) is -0.493. The van der Waals surface area contributed by atoms with E-state index in [0.29, 0.717) is 5.92 Å². The molecule has 0 unspecified atom stereocenters. The Kier molecular flexibility index (Phi) is 5.84. The summed E-state index contributed by atoms with van der Waals surface area (Å²) >= 11 is 0. The second-order valence-electron chi connectivity index (χ2n) is 6.65. The van der Waals surface area contributed by atoms with Crippen molar-refractivity contribution in [2.75, 3.05) is 6.54 Å².